The third-order valence-electron chi connectivity index (χ3n) is 4.45. The molecule has 0 heterocycles. The molecule has 168 valence electrons. The van der Waals surface area contributed by atoms with Crippen molar-refractivity contribution >= 4 is 11.9 Å². The Morgan fingerprint density at radius 3 is 1.78 bits per heavy atom. The van der Waals surface area contributed by atoms with Crippen LogP contribution in [0.5, 0.6) is 5.75 Å². The van der Waals surface area contributed by atoms with Gasteiger partial charge in [0.05, 0.1) is 0 Å². The average Bonchev–Trinajstić information content (AvgIpc) is 2.79. The van der Waals surface area contributed by atoms with E-state index in [9.17, 15) is 9.59 Å². The Morgan fingerprint density at radius 1 is 0.781 bits per heavy atom. The van der Waals surface area contributed by atoms with Gasteiger partial charge in [0, 0.05) is 12.2 Å². The molecule has 0 saturated carbocycles. The van der Waals surface area contributed by atoms with Gasteiger partial charge in [-0.3, -0.25) is 0 Å². The van der Waals surface area contributed by atoms with Crippen LogP contribution in [0.4, 0.5) is 0 Å². The number of hydrogen-bond acceptors (Lipinski definition) is 4. The van der Waals surface area contributed by atoms with E-state index in [0.717, 1.165) is 12.2 Å². The molecule has 3 rings (SSSR count). The molecule has 1 atom stereocenters. The average molecular weight is 436 g/mol. The van der Waals surface area contributed by atoms with Crippen LogP contribution in [0, 0.1) is 0 Å². The fraction of sp³-hybridized carbons (Fsp3) is 0.154. The molecule has 0 bridgehead atoms. The number of benzene rings is 3. The first-order valence-corrected chi connectivity index (χ1v) is 9.88. The molecule has 0 fully saturated rings. The quantitative estimate of drug-likeness (QED) is 0.403. The van der Waals surface area contributed by atoms with Crippen LogP contribution in [0.25, 0.3) is 0 Å². The molecule has 0 aliphatic rings. The van der Waals surface area contributed by atoms with Crippen molar-refractivity contribution in [2.75, 3.05) is 0 Å². The molecule has 3 aromatic carbocycles. The molecule has 0 saturated heterocycles. The van der Waals surface area contributed by atoms with Crippen LogP contribution in [0.3, 0.4) is 0 Å². The number of carbonyl (C=O) groups is 2. The molecule has 6 heteroatoms. The second-order valence-corrected chi connectivity index (χ2v) is 6.94. The van der Waals surface area contributed by atoms with Gasteiger partial charge in [0.2, 0.25) is 0 Å². The summed E-state index contributed by atoms with van der Waals surface area (Å²) in [6.07, 6.45) is 2.16. The van der Waals surface area contributed by atoms with Crippen molar-refractivity contribution < 1.29 is 24.5 Å². The van der Waals surface area contributed by atoms with Crippen LogP contribution >= 0.6 is 0 Å². The summed E-state index contributed by atoms with van der Waals surface area (Å²) in [5, 5.41) is 15.6. The second kappa shape index (κ2) is 14.2. The first-order valence-electron chi connectivity index (χ1n) is 9.88. The van der Waals surface area contributed by atoms with Gasteiger partial charge in [0.15, 0.2) is 0 Å². The van der Waals surface area contributed by atoms with Crippen molar-refractivity contribution in [2.24, 2.45) is 0 Å². The Kier molecular flexibility index (Phi) is 11.6. The van der Waals surface area contributed by atoms with Crippen LogP contribution in [0.15, 0.2) is 97.1 Å². The van der Waals surface area contributed by atoms with Gasteiger partial charge < -0.3 is 21.1 Å². The summed E-state index contributed by atoms with van der Waals surface area (Å²) in [5.41, 5.74) is 3.92. The van der Waals surface area contributed by atoms with E-state index in [1.165, 1.54) is 16.7 Å². The molecule has 0 aliphatic heterocycles. The number of rotatable bonds is 8. The van der Waals surface area contributed by atoms with Gasteiger partial charge in [-0.2, -0.15) is 0 Å². The lowest BCUT2D eigenvalue weighted by Gasteiger charge is -2.12. The zero-order valence-electron chi connectivity index (χ0n) is 18.1. The second-order valence-electron chi connectivity index (χ2n) is 6.94. The topological polar surface area (TPSA) is 119 Å². The third-order valence-corrected chi connectivity index (χ3v) is 4.45. The summed E-state index contributed by atoms with van der Waals surface area (Å²) in [7, 11) is 0. The van der Waals surface area contributed by atoms with Crippen molar-refractivity contribution in [3.8, 4) is 5.75 Å². The summed E-state index contributed by atoms with van der Waals surface area (Å²) in [6, 6.07) is 29.4. The van der Waals surface area contributed by atoms with Crippen LogP contribution in [-0.4, -0.2) is 22.2 Å². The Labute approximate surface area is 188 Å². The number of hydrogen-bond donors (Lipinski definition) is 3. The maximum absolute atomic E-state index is 9.55. The highest BCUT2D eigenvalue weighted by molar-refractivity contribution is 5.89. The van der Waals surface area contributed by atoms with E-state index in [4.69, 9.17) is 14.9 Å². The number of ether oxygens (including phenoxy) is 1. The lowest BCUT2D eigenvalue weighted by atomic mass is 9.94. The third kappa shape index (κ3) is 10.2. The summed E-state index contributed by atoms with van der Waals surface area (Å²) in [5.74, 6) is -1.07. The van der Waals surface area contributed by atoms with Gasteiger partial charge in [0.1, 0.15) is 12.4 Å². The number of carboxylic acid groups (broad SMARTS) is 2. The fourth-order valence-electron chi connectivity index (χ4n) is 2.86. The first kappa shape index (κ1) is 26.1. The molecule has 5 N–H and O–H groups in total. The van der Waals surface area contributed by atoms with E-state index < -0.39 is 11.9 Å². The molecule has 32 heavy (non-hydrogen) atoms. The zero-order valence-corrected chi connectivity index (χ0v) is 18.1. The van der Waals surface area contributed by atoms with Crippen molar-refractivity contribution in [1.29, 1.82) is 0 Å². The minimum atomic E-state index is -1.26. The predicted octanol–water partition coefficient (Wildman–Crippen LogP) is 5.49. The molecule has 3 aromatic rings. The lowest BCUT2D eigenvalue weighted by molar-refractivity contribution is -0.134. The van der Waals surface area contributed by atoms with Crippen LogP contribution < -0.4 is 10.9 Å². The fourth-order valence-corrected chi connectivity index (χ4v) is 2.86. The van der Waals surface area contributed by atoms with Gasteiger partial charge in [0.25, 0.3) is 0 Å². The van der Waals surface area contributed by atoms with E-state index in [2.05, 4.69) is 73.7 Å². The smallest absolute Gasteiger partial charge is 0.328 e. The van der Waals surface area contributed by atoms with Crippen LogP contribution in [0.2, 0.25) is 0 Å². The van der Waals surface area contributed by atoms with E-state index in [1.807, 2.05) is 18.2 Å². The SMILES string of the molecule is CC(Cc1ccc(OCc2ccccc2)cc1)c1ccccc1.N.O=C(O)C=CC(=O)O. The van der Waals surface area contributed by atoms with E-state index in [0.29, 0.717) is 24.7 Å². The Balaban J connectivity index is 0.000000491. The molecule has 0 spiro atoms. The van der Waals surface area contributed by atoms with E-state index in [-0.39, 0.29) is 6.15 Å². The summed E-state index contributed by atoms with van der Waals surface area (Å²) in [4.78, 5) is 19.1. The molecular weight excluding hydrogens is 406 g/mol. The minimum Gasteiger partial charge on any atom is -0.489 e. The molecule has 0 radical (unpaired) electrons. The van der Waals surface area contributed by atoms with Gasteiger partial charge in [-0.05, 0) is 41.2 Å². The number of carboxylic acids is 2. The van der Waals surface area contributed by atoms with Crippen LogP contribution in [0.1, 0.15) is 29.5 Å². The molecule has 0 aliphatic carbocycles. The van der Waals surface area contributed by atoms with Crippen molar-refractivity contribution in [2.45, 2.75) is 25.9 Å². The Bertz CT molecular complexity index is 954. The Hall–Kier alpha value is -3.90. The normalized spacial score (nSPS) is 10.9. The maximum atomic E-state index is 9.55. The summed E-state index contributed by atoms with van der Waals surface area (Å²) < 4.78 is 5.84. The minimum absolute atomic E-state index is 0. The summed E-state index contributed by atoms with van der Waals surface area (Å²) >= 11 is 0. The molecular formula is C26H29NO5. The maximum Gasteiger partial charge on any atom is 0.328 e. The van der Waals surface area contributed by atoms with Crippen molar-refractivity contribution in [1.82, 2.24) is 6.15 Å². The number of aliphatic carboxylic acids is 2. The first-order chi connectivity index (χ1) is 14.9. The highest BCUT2D eigenvalue weighted by atomic mass is 16.5. The predicted molar refractivity (Wildman–Crippen MR) is 125 cm³/mol. The lowest BCUT2D eigenvalue weighted by Crippen LogP contribution is -1.99. The van der Waals surface area contributed by atoms with Gasteiger partial charge in [-0.15, -0.1) is 0 Å². The highest BCUT2D eigenvalue weighted by Gasteiger charge is 2.06. The zero-order chi connectivity index (χ0) is 22.5. The van der Waals surface area contributed by atoms with Crippen molar-refractivity contribution in [3.05, 3.63) is 114 Å². The Morgan fingerprint density at radius 2 is 1.28 bits per heavy atom. The van der Waals surface area contributed by atoms with Crippen molar-refractivity contribution in [3.63, 3.8) is 0 Å². The standard InChI is InChI=1S/C22H22O.C4H4O4.H3N/c1-18(21-10-6-3-7-11-21)16-19-12-14-22(15-13-19)23-17-20-8-4-2-5-9-20;5-3(6)1-2-4(7)8;/h2-15,18H,16-17H2,1H3;1-2H,(H,5,6)(H,7,8);1H3. The van der Waals surface area contributed by atoms with Gasteiger partial charge in [-0.25, -0.2) is 9.59 Å². The molecule has 1 unspecified atom stereocenters. The monoisotopic (exact) mass is 435 g/mol. The van der Waals surface area contributed by atoms with Crippen LogP contribution in [-0.2, 0) is 22.6 Å². The largest absolute Gasteiger partial charge is 0.489 e. The van der Waals surface area contributed by atoms with Gasteiger partial charge >= 0.3 is 11.9 Å². The van der Waals surface area contributed by atoms with Gasteiger partial charge in [-0.1, -0.05) is 79.7 Å². The van der Waals surface area contributed by atoms with E-state index in [1.54, 1.807) is 0 Å². The highest BCUT2D eigenvalue weighted by Crippen LogP contribution is 2.22. The molecule has 0 amide bonds. The molecule has 0 aromatic heterocycles. The molecule has 6 nitrogen and oxygen atoms in total. The van der Waals surface area contributed by atoms with E-state index >= 15 is 0 Å². The summed E-state index contributed by atoms with van der Waals surface area (Å²) in [6.45, 7) is 2.88.